The highest BCUT2D eigenvalue weighted by atomic mass is 28.4. The molecular weight excluding hydrogens is 208 g/mol. The van der Waals surface area contributed by atoms with Gasteiger partial charge in [-0.25, -0.2) is 0 Å². The third-order valence-electron chi connectivity index (χ3n) is 2.23. The number of carbonyl (C=O) groups excluding carboxylic acids is 1. The van der Waals surface area contributed by atoms with Crippen molar-refractivity contribution < 1.29 is 14.0 Å². The van der Waals surface area contributed by atoms with Crippen molar-refractivity contribution >= 4 is 14.3 Å². The van der Waals surface area contributed by atoms with Crippen molar-refractivity contribution in [1.82, 2.24) is 0 Å². The highest BCUT2D eigenvalue weighted by Crippen LogP contribution is 2.45. The van der Waals surface area contributed by atoms with Gasteiger partial charge < -0.3 is 9.16 Å². The smallest absolute Gasteiger partial charge is 0.309 e. The zero-order valence-corrected chi connectivity index (χ0v) is 11.0. The molecule has 0 aromatic heterocycles. The summed E-state index contributed by atoms with van der Waals surface area (Å²) in [6, 6.07) is 0. The third-order valence-corrected chi connectivity index (χ3v) is 3.11. The predicted molar refractivity (Wildman–Crippen MR) is 61.8 cm³/mol. The van der Waals surface area contributed by atoms with E-state index in [0.717, 1.165) is 12.2 Å². The molecular formula is C11H20O3Si. The molecule has 0 aromatic rings. The van der Waals surface area contributed by atoms with E-state index in [0.29, 0.717) is 6.61 Å². The number of hydrogen-bond donors (Lipinski definition) is 0. The Morgan fingerprint density at radius 3 is 2.47 bits per heavy atom. The van der Waals surface area contributed by atoms with Crippen LogP contribution in [-0.2, 0) is 14.0 Å². The molecule has 0 spiro atoms. The molecule has 0 N–H and O–H groups in total. The van der Waals surface area contributed by atoms with Crippen LogP contribution in [0, 0.1) is 11.8 Å². The Morgan fingerprint density at radius 2 is 2.00 bits per heavy atom. The van der Waals surface area contributed by atoms with Crippen molar-refractivity contribution in [2.24, 2.45) is 11.8 Å². The maximum atomic E-state index is 11.4. The summed E-state index contributed by atoms with van der Waals surface area (Å²) in [4.78, 5) is 11.4. The monoisotopic (exact) mass is 228 g/mol. The lowest BCUT2D eigenvalue weighted by Gasteiger charge is -2.20. The van der Waals surface area contributed by atoms with Gasteiger partial charge in [-0.3, -0.25) is 4.79 Å². The minimum absolute atomic E-state index is 0.00574. The molecule has 1 rings (SSSR count). The summed E-state index contributed by atoms with van der Waals surface area (Å²) in [6.45, 7) is 12.5. The van der Waals surface area contributed by atoms with E-state index in [4.69, 9.17) is 9.16 Å². The second kappa shape index (κ2) is 4.39. The van der Waals surface area contributed by atoms with Gasteiger partial charge in [0.15, 0.2) is 0 Å². The maximum Gasteiger partial charge on any atom is 0.309 e. The van der Waals surface area contributed by atoms with E-state index < -0.39 is 8.32 Å². The molecule has 4 heteroatoms. The Kier molecular flexibility index (Phi) is 3.60. The summed E-state index contributed by atoms with van der Waals surface area (Å²) in [5, 5.41) is 0. The molecule has 0 aromatic carbocycles. The molecule has 0 aliphatic heterocycles. The van der Waals surface area contributed by atoms with Gasteiger partial charge in [-0.15, -0.1) is 0 Å². The number of allylic oxidation sites excluding steroid dienone is 1. The molecule has 0 radical (unpaired) electrons. The van der Waals surface area contributed by atoms with E-state index in [-0.39, 0.29) is 17.8 Å². The first-order valence-corrected chi connectivity index (χ1v) is 8.80. The molecule has 15 heavy (non-hydrogen) atoms. The van der Waals surface area contributed by atoms with Gasteiger partial charge >= 0.3 is 5.97 Å². The lowest BCUT2D eigenvalue weighted by atomic mass is 10.3. The lowest BCUT2D eigenvalue weighted by Crippen LogP contribution is -2.25. The van der Waals surface area contributed by atoms with Crippen molar-refractivity contribution in [3.8, 4) is 0 Å². The quantitative estimate of drug-likeness (QED) is 0.412. The largest absolute Gasteiger partial charge is 0.548 e. The second-order valence-electron chi connectivity index (χ2n) is 4.88. The Morgan fingerprint density at radius 1 is 1.40 bits per heavy atom. The van der Waals surface area contributed by atoms with Gasteiger partial charge in [0.2, 0.25) is 8.32 Å². The van der Waals surface area contributed by atoms with Gasteiger partial charge in [0.05, 0.1) is 18.3 Å². The van der Waals surface area contributed by atoms with Crippen LogP contribution >= 0.6 is 0 Å². The first kappa shape index (κ1) is 12.3. The fraction of sp³-hybridized carbons (Fsp3) is 0.727. The number of rotatable bonds is 5. The molecule has 0 amide bonds. The minimum Gasteiger partial charge on any atom is -0.548 e. The number of hydrogen-bond acceptors (Lipinski definition) is 3. The SMILES string of the molecule is C=C(O[Si](C)(C)C)[C@H]1C[C@@H]1C(=O)OCC. The number of carbonyl (C=O) groups is 1. The van der Waals surface area contributed by atoms with Crippen LogP contribution in [-0.4, -0.2) is 20.9 Å². The Hall–Kier alpha value is -0.773. The van der Waals surface area contributed by atoms with Crippen LogP contribution in [0.2, 0.25) is 19.6 Å². The van der Waals surface area contributed by atoms with Gasteiger partial charge in [-0.05, 0) is 33.0 Å². The van der Waals surface area contributed by atoms with Crippen LogP contribution in [0.15, 0.2) is 12.3 Å². The average molecular weight is 228 g/mol. The van der Waals surface area contributed by atoms with Crippen molar-refractivity contribution in [3.05, 3.63) is 12.3 Å². The summed E-state index contributed by atoms with van der Waals surface area (Å²) in [5.74, 6) is 0.847. The summed E-state index contributed by atoms with van der Waals surface area (Å²) in [7, 11) is -1.58. The van der Waals surface area contributed by atoms with Gasteiger partial charge in [0, 0.05) is 5.92 Å². The van der Waals surface area contributed by atoms with Crippen LogP contribution in [0.4, 0.5) is 0 Å². The number of ether oxygens (including phenoxy) is 1. The molecule has 1 fully saturated rings. The zero-order valence-electron chi connectivity index (χ0n) is 10.0. The topological polar surface area (TPSA) is 35.5 Å². The second-order valence-corrected chi connectivity index (χ2v) is 9.31. The summed E-state index contributed by atoms with van der Waals surface area (Å²) in [5.41, 5.74) is 0. The van der Waals surface area contributed by atoms with Gasteiger partial charge in [-0.1, -0.05) is 6.58 Å². The van der Waals surface area contributed by atoms with Crippen LogP contribution in [0.3, 0.4) is 0 Å². The molecule has 0 bridgehead atoms. The zero-order chi connectivity index (χ0) is 11.6. The molecule has 0 saturated heterocycles. The maximum absolute atomic E-state index is 11.4. The van der Waals surface area contributed by atoms with E-state index >= 15 is 0 Å². The summed E-state index contributed by atoms with van der Waals surface area (Å²) >= 11 is 0. The Labute approximate surface area is 92.6 Å². The molecule has 1 aliphatic rings. The van der Waals surface area contributed by atoms with Crippen LogP contribution in [0.5, 0.6) is 0 Å². The van der Waals surface area contributed by atoms with Crippen LogP contribution in [0.1, 0.15) is 13.3 Å². The highest BCUT2D eigenvalue weighted by molar-refractivity contribution is 6.70. The highest BCUT2D eigenvalue weighted by Gasteiger charge is 2.47. The van der Waals surface area contributed by atoms with Crippen LogP contribution < -0.4 is 0 Å². The molecule has 1 aliphatic carbocycles. The van der Waals surface area contributed by atoms with E-state index in [1.165, 1.54) is 0 Å². The minimum atomic E-state index is -1.58. The fourth-order valence-corrected chi connectivity index (χ4v) is 2.47. The summed E-state index contributed by atoms with van der Waals surface area (Å²) in [6.07, 6.45) is 0.835. The third kappa shape index (κ3) is 3.70. The van der Waals surface area contributed by atoms with Crippen LogP contribution in [0.25, 0.3) is 0 Å². The summed E-state index contributed by atoms with van der Waals surface area (Å²) < 4.78 is 10.7. The molecule has 3 nitrogen and oxygen atoms in total. The Bertz CT molecular complexity index is 267. The van der Waals surface area contributed by atoms with Gasteiger partial charge in [0.25, 0.3) is 0 Å². The van der Waals surface area contributed by atoms with E-state index in [1.807, 2.05) is 6.92 Å². The predicted octanol–water partition coefficient (Wildman–Crippen LogP) is 2.55. The lowest BCUT2D eigenvalue weighted by molar-refractivity contribution is -0.145. The molecule has 0 heterocycles. The molecule has 0 unspecified atom stereocenters. The molecule has 1 saturated carbocycles. The van der Waals surface area contributed by atoms with Crippen molar-refractivity contribution in [1.29, 1.82) is 0 Å². The van der Waals surface area contributed by atoms with E-state index in [1.54, 1.807) is 0 Å². The average Bonchev–Trinajstić information content (AvgIpc) is 2.79. The van der Waals surface area contributed by atoms with Crippen molar-refractivity contribution in [3.63, 3.8) is 0 Å². The van der Waals surface area contributed by atoms with Gasteiger partial charge in [0.1, 0.15) is 0 Å². The van der Waals surface area contributed by atoms with Gasteiger partial charge in [-0.2, -0.15) is 0 Å². The van der Waals surface area contributed by atoms with E-state index in [2.05, 4.69) is 26.2 Å². The van der Waals surface area contributed by atoms with Crippen molar-refractivity contribution in [2.75, 3.05) is 6.61 Å². The first-order chi connectivity index (χ1) is 6.85. The van der Waals surface area contributed by atoms with Crippen molar-refractivity contribution in [2.45, 2.75) is 33.0 Å². The first-order valence-electron chi connectivity index (χ1n) is 5.39. The standard InChI is InChI=1S/C11H20O3Si/c1-6-13-11(12)10-7-9(10)8(2)14-15(3,4)5/h9-10H,2,6-7H2,1,3-5H3/t9-,10+/m1/s1. The van der Waals surface area contributed by atoms with E-state index in [9.17, 15) is 4.79 Å². The number of esters is 1. The Balaban J connectivity index is 2.37. The molecule has 2 atom stereocenters. The molecule has 86 valence electrons. The fourth-order valence-electron chi connectivity index (χ4n) is 1.53. The normalized spacial score (nSPS) is 24.5.